The van der Waals surface area contributed by atoms with Gasteiger partial charge in [0, 0.05) is 68.7 Å². The Morgan fingerprint density at radius 2 is 1.92 bits per heavy atom. The maximum Gasteiger partial charge on any atom is 0.434 e. The van der Waals surface area contributed by atoms with Crippen molar-refractivity contribution < 1.29 is 13.2 Å². The number of pyridine rings is 1. The molecule has 0 atom stereocenters. The fourth-order valence-corrected chi connectivity index (χ4v) is 4.95. The van der Waals surface area contributed by atoms with Gasteiger partial charge >= 0.3 is 6.18 Å². The molecular weight excluding hydrogens is 483 g/mol. The number of imidazole rings is 1. The number of anilines is 1. The van der Waals surface area contributed by atoms with Crippen LogP contribution in [0.2, 0.25) is 0 Å². The van der Waals surface area contributed by atoms with E-state index in [2.05, 4.69) is 30.9 Å². The van der Waals surface area contributed by atoms with E-state index in [-0.39, 0.29) is 5.82 Å². The first-order chi connectivity index (χ1) is 17.7. The molecular formula is C25H22F3N9. The molecule has 0 saturated heterocycles. The number of nitrogens with zero attached hydrogens (tertiary/aromatic N) is 9. The monoisotopic (exact) mass is 505 g/mol. The summed E-state index contributed by atoms with van der Waals surface area (Å²) in [5.41, 5.74) is 4.29. The molecule has 2 aliphatic rings. The van der Waals surface area contributed by atoms with Gasteiger partial charge in [0.2, 0.25) is 0 Å². The van der Waals surface area contributed by atoms with E-state index in [1.54, 1.807) is 18.3 Å². The lowest BCUT2D eigenvalue weighted by atomic mass is 9.97. The van der Waals surface area contributed by atoms with E-state index >= 15 is 0 Å². The summed E-state index contributed by atoms with van der Waals surface area (Å²) < 4.78 is 42.4. The maximum absolute atomic E-state index is 13.1. The van der Waals surface area contributed by atoms with Gasteiger partial charge in [0.25, 0.3) is 0 Å². The van der Waals surface area contributed by atoms with Crippen LogP contribution in [-0.2, 0) is 33.2 Å². The van der Waals surface area contributed by atoms with E-state index in [0.29, 0.717) is 41.6 Å². The van der Waals surface area contributed by atoms with E-state index in [4.69, 9.17) is 5.10 Å². The van der Waals surface area contributed by atoms with Crippen molar-refractivity contribution >= 4 is 5.82 Å². The number of hydrogen-bond acceptors (Lipinski definition) is 7. The summed E-state index contributed by atoms with van der Waals surface area (Å²) in [6.45, 7) is 1.22. The zero-order chi connectivity index (χ0) is 25.9. The first kappa shape index (κ1) is 23.1. The topological polar surface area (TPSA) is 101 Å². The number of aryl methyl sites for hydroxylation is 2. The van der Waals surface area contributed by atoms with Gasteiger partial charge in [-0.2, -0.15) is 23.5 Å². The molecule has 0 unspecified atom stereocenters. The summed E-state index contributed by atoms with van der Waals surface area (Å²) >= 11 is 0. The van der Waals surface area contributed by atoms with Gasteiger partial charge in [-0.3, -0.25) is 4.68 Å². The molecule has 1 saturated carbocycles. The van der Waals surface area contributed by atoms with Crippen LogP contribution in [0.3, 0.4) is 0 Å². The van der Waals surface area contributed by atoms with Crippen LogP contribution in [0.5, 0.6) is 0 Å². The Morgan fingerprint density at radius 1 is 1.11 bits per heavy atom. The number of fused-ring (bicyclic) bond motifs is 1. The van der Waals surface area contributed by atoms with Crippen molar-refractivity contribution in [1.82, 2.24) is 34.3 Å². The minimum atomic E-state index is -4.51. The molecule has 12 heteroatoms. The van der Waals surface area contributed by atoms with Crippen LogP contribution in [0.4, 0.5) is 19.0 Å². The molecule has 0 N–H and O–H groups in total. The van der Waals surface area contributed by atoms with Crippen LogP contribution in [-0.4, -0.2) is 40.8 Å². The van der Waals surface area contributed by atoms with Gasteiger partial charge in [-0.25, -0.2) is 19.9 Å². The van der Waals surface area contributed by atoms with Crippen LogP contribution in [0.15, 0.2) is 30.9 Å². The molecule has 37 heavy (non-hydrogen) atoms. The summed E-state index contributed by atoms with van der Waals surface area (Å²) in [6, 6.07) is 5.73. The Labute approximate surface area is 210 Å². The molecule has 1 aliphatic carbocycles. The molecule has 4 aromatic rings. The van der Waals surface area contributed by atoms with Gasteiger partial charge in [0.15, 0.2) is 11.4 Å². The minimum absolute atomic E-state index is 0.197. The highest BCUT2D eigenvalue weighted by Gasteiger charge is 2.35. The largest absolute Gasteiger partial charge is 0.434 e. The summed E-state index contributed by atoms with van der Waals surface area (Å²) in [5.74, 6) is 1.21. The Hall–Kier alpha value is -4.27. The molecule has 5 heterocycles. The molecule has 6 rings (SSSR count). The Balaban J connectivity index is 1.33. The zero-order valence-corrected chi connectivity index (χ0v) is 20.2. The van der Waals surface area contributed by atoms with E-state index in [0.717, 1.165) is 48.1 Å². The summed E-state index contributed by atoms with van der Waals surface area (Å²) in [6.07, 6.45) is 2.25. The lowest BCUT2D eigenvalue weighted by Crippen LogP contribution is -2.31. The highest BCUT2D eigenvalue weighted by molar-refractivity contribution is 5.73. The van der Waals surface area contributed by atoms with Crippen molar-refractivity contribution in [1.29, 1.82) is 5.26 Å². The van der Waals surface area contributed by atoms with Gasteiger partial charge < -0.3 is 9.47 Å². The molecule has 0 radical (unpaired) electrons. The predicted molar refractivity (Wildman–Crippen MR) is 127 cm³/mol. The number of halogens is 3. The number of nitriles is 1. The van der Waals surface area contributed by atoms with E-state index in [1.807, 2.05) is 11.7 Å². The van der Waals surface area contributed by atoms with Crippen LogP contribution in [0, 0.1) is 11.3 Å². The fraction of sp³-hybridized carbons (Fsp3) is 0.360. The second-order valence-electron chi connectivity index (χ2n) is 9.40. The summed E-state index contributed by atoms with van der Waals surface area (Å²) in [4.78, 5) is 19.1. The molecule has 9 nitrogen and oxygen atoms in total. The summed E-state index contributed by atoms with van der Waals surface area (Å²) in [7, 11) is 3.43. The van der Waals surface area contributed by atoms with Crippen LogP contribution in [0.25, 0.3) is 22.6 Å². The lowest BCUT2D eigenvalue weighted by molar-refractivity contribution is -0.140. The number of alkyl halides is 3. The van der Waals surface area contributed by atoms with E-state index in [1.165, 1.54) is 17.9 Å². The first-order valence-corrected chi connectivity index (χ1v) is 11.9. The second kappa shape index (κ2) is 8.40. The minimum Gasteiger partial charge on any atom is -0.352 e. The highest BCUT2D eigenvalue weighted by atomic mass is 19.4. The highest BCUT2D eigenvalue weighted by Crippen LogP contribution is 2.45. The van der Waals surface area contributed by atoms with E-state index < -0.39 is 11.9 Å². The quantitative estimate of drug-likeness (QED) is 0.413. The van der Waals surface area contributed by atoms with Crippen molar-refractivity contribution in [3.8, 4) is 28.7 Å². The SMILES string of the molecule is Cn1cc(C(F)(F)F)nc1-c1ccc(N2CCc3c(c(-c4c(C#N)ncnc4C4CC4)nn3C)C2)nc1. The third kappa shape index (κ3) is 4.00. The second-order valence-corrected chi connectivity index (χ2v) is 9.40. The lowest BCUT2D eigenvalue weighted by Gasteiger charge is -2.29. The van der Waals surface area contributed by atoms with Gasteiger partial charge in [0.05, 0.1) is 11.3 Å². The predicted octanol–water partition coefficient (Wildman–Crippen LogP) is 4.00. The van der Waals surface area contributed by atoms with Gasteiger partial charge in [-0.05, 0) is 25.0 Å². The fourth-order valence-electron chi connectivity index (χ4n) is 4.95. The average molecular weight is 506 g/mol. The first-order valence-electron chi connectivity index (χ1n) is 11.9. The zero-order valence-electron chi connectivity index (χ0n) is 20.2. The molecule has 0 bridgehead atoms. The van der Waals surface area contributed by atoms with Gasteiger partial charge in [0.1, 0.15) is 29.7 Å². The Morgan fingerprint density at radius 3 is 2.57 bits per heavy atom. The average Bonchev–Trinajstić information content (AvgIpc) is 3.58. The molecule has 188 valence electrons. The van der Waals surface area contributed by atoms with Crippen molar-refractivity contribution in [3.63, 3.8) is 0 Å². The van der Waals surface area contributed by atoms with Crippen LogP contribution >= 0.6 is 0 Å². The van der Waals surface area contributed by atoms with Crippen molar-refractivity contribution in [2.45, 2.75) is 37.9 Å². The third-order valence-corrected chi connectivity index (χ3v) is 6.92. The smallest absolute Gasteiger partial charge is 0.352 e. The van der Waals surface area contributed by atoms with Crippen LogP contribution in [0.1, 0.15) is 47.1 Å². The van der Waals surface area contributed by atoms with Crippen molar-refractivity contribution in [3.05, 3.63) is 59.2 Å². The van der Waals surface area contributed by atoms with Crippen molar-refractivity contribution in [2.24, 2.45) is 14.1 Å². The molecule has 0 aromatic carbocycles. The van der Waals surface area contributed by atoms with Crippen molar-refractivity contribution in [2.75, 3.05) is 11.4 Å². The van der Waals surface area contributed by atoms with Gasteiger partial charge in [-0.15, -0.1) is 0 Å². The Kier molecular flexibility index (Phi) is 5.25. The number of hydrogen-bond donors (Lipinski definition) is 0. The molecule has 4 aromatic heterocycles. The number of aromatic nitrogens is 7. The van der Waals surface area contributed by atoms with Crippen LogP contribution < -0.4 is 4.90 Å². The molecule has 0 spiro atoms. The Bertz CT molecular complexity index is 1540. The normalized spacial score (nSPS) is 15.5. The maximum atomic E-state index is 13.1. The summed E-state index contributed by atoms with van der Waals surface area (Å²) in [5, 5.41) is 14.6. The van der Waals surface area contributed by atoms with E-state index in [9.17, 15) is 18.4 Å². The number of rotatable bonds is 4. The molecule has 0 amide bonds. The molecule has 1 fully saturated rings. The standard InChI is InChI=1S/C25H22F3N9/c1-35-12-19(25(26,27)28)33-24(35)15-5-6-20(30-10-15)37-8-7-18-16(11-37)23(34-36(18)2)21-17(9-29)31-13-32-22(21)14-3-4-14/h5-6,10,12-14H,3-4,7-8,11H2,1-2H3. The molecule has 1 aliphatic heterocycles. The third-order valence-electron chi connectivity index (χ3n) is 6.92. The van der Waals surface area contributed by atoms with Gasteiger partial charge in [-0.1, -0.05) is 0 Å².